The van der Waals surface area contributed by atoms with E-state index >= 15 is 0 Å². The molecule has 2 aliphatic carbocycles. The van der Waals surface area contributed by atoms with Gasteiger partial charge in [-0.2, -0.15) is 19.5 Å². The van der Waals surface area contributed by atoms with Crippen molar-refractivity contribution in [2.75, 3.05) is 44.7 Å². The van der Waals surface area contributed by atoms with Crippen molar-refractivity contribution in [2.24, 2.45) is 0 Å². The Labute approximate surface area is 243 Å². The van der Waals surface area contributed by atoms with Crippen LogP contribution in [0.5, 0.6) is 6.01 Å². The first-order valence-electron chi connectivity index (χ1n) is 14.9. The van der Waals surface area contributed by atoms with E-state index in [4.69, 9.17) is 14.7 Å². The van der Waals surface area contributed by atoms with E-state index in [0.717, 1.165) is 67.6 Å². The molecule has 4 aliphatic rings. The molecule has 0 amide bonds. The molecule has 0 radical (unpaired) electrons. The lowest BCUT2D eigenvalue weighted by Gasteiger charge is -2.44. The van der Waals surface area contributed by atoms with Crippen LogP contribution in [0.15, 0.2) is 36.3 Å². The van der Waals surface area contributed by atoms with E-state index in [1.54, 1.807) is 0 Å². The Hall–Kier alpha value is -3.00. The number of benzene rings is 1. The SMILES string of the molecule is C=CS(=O)(=O)N1CCN(c2nc(OC[C@@H]3CCCN3C)nc3c2CCC2(CCCc4ccccc42)C3)C[C@@H]1CC#N. The number of aromatic nitrogens is 2. The number of likely N-dealkylation sites (N-methyl/N-ethyl adjacent to an activating group) is 1. The summed E-state index contributed by atoms with van der Waals surface area (Å²) >= 11 is 0. The van der Waals surface area contributed by atoms with Crippen molar-refractivity contribution in [3.8, 4) is 12.1 Å². The third-order valence-electron chi connectivity index (χ3n) is 9.77. The molecule has 9 nitrogen and oxygen atoms in total. The minimum absolute atomic E-state index is 0.0660. The van der Waals surface area contributed by atoms with Gasteiger partial charge in [0, 0.05) is 42.1 Å². The van der Waals surface area contributed by atoms with Crippen LogP contribution in [-0.4, -0.2) is 79.5 Å². The minimum Gasteiger partial charge on any atom is -0.462 e. The van der Waals surface area contributed by atoms with Gasteiger partial charge in [0.25, 0.3) is 0 Å². The van der Waals surface area contributed by atoms with Crippen molar-refractivity contribution in [3.05, 3.63) is 58.6 Å². The average molecular weight is 577 g/mol. The number of anilines is 1. The van der Waals surface area contributed by atoms with Gasteiger partial charge in [-0.05, 0) is 76.1 Å². The number of ether oxygens (including phenoxy) is 1. The lowest BCUT2D eigenvalue weighted by Crippen LogP contribution is -2.55. The number of aryl methyl sites for hydroxylation is 1. The van der Waals surface area contributed by atoms with Crippen molar-refractivity contribution < 1.29 is 13.2 Å². The Morgan fingerprint density at radius 3 is 2.78 bits per heavy atom. The fourth-order valence-electron chi connectivity index (χ4n) is 7.54. The van der Waals surface area contributed by atoms with E-state index in [9.17, 15) is 13.7 Å². The average Bonchev–Trinajstić information content (AvgIpc) is 3.40. The molecule has 3 heterocycles. The Kier molecular flexibility index (Phi) is 7.79. The van der Waals surface area contributed by atoms with Crippen molar-refractivity contribution in [1.82, 2.24) is 19.2 Å². The van der Waals surface area contributed by atoms with Crippen LogP contribution in [0.1, 0.15) is 60.9 Å². The van der Waals surface area contributed by atoms with Crippen LogP contribution in [0.25, 0.3) is 0 Å². The Morgan fingerprint density at radius 1 is 1.15 bits per heavy atom. The number of piperazine rings is 1. The van der Waals surface area contributed by atoms with E-state index in [0.29, 0.717) is 31.7 Å². The van der Waals surface area contributed by atoms with Gasteiger partial charge in [-0.15, -0.1) is 0 Å². The third-order valence-corrected chi connectivity index (χ3v) is 11.3. The van der Waals surface area contributed by atoms with E-state index in [1.165, 1.54) is 28.3 Å². The summed E-state index contributed by atoms with van der Waals surface area (Å²) in [5.74, 6) is 0.835. The normalized spacial score (nSPS) is 26.8. The Bertz CT molecular complexity index is 1460. The molecule has 41 heavy (non-hydrogen) atoms. The van der Waals surface area contributed by atoms with Crippen LogP contribution in [0, 0.1) is 11.3 Å². The molecule has 1 spiro atoms. The van der Waals surface area contributed by atoms with Crippen molar-refractivity contribution in [3.63, 3.8) is 0 Å². The first-order chi connectivity index (χ1) is 19.8. The molecule has 10 heteroatoms. The molecule has 1 aromatic heterocycles. The standard InChI is InChI=1S/C31H40N6O3S/c1-3-41(38,39)37-19-18-36(21-24(37)13-16-32)29-26-12-15-31(14-6-9-23-8-4-5-11-27(23)31)20-28(26)33-30(34-29)40-22-25-10-7-17-35(25)2/h3-5,8,11,24-25H,1,6-7,9-10,12-15,17-22H2,2H3/t24-,25-,31?/m0/s1. The highest BCUT2D eigenvalue weighted by Crippen LogP contribution is 2.47. The minimum atomic E-state index is -3.64. The van der Waals surface area contributed by atoms with Gasteiger partial charge in [0.05, 0.1) is 24.2 Å². The predicted octanol–water partition coefficient (Wildman–Crippen LogP) is 3.59. The number of fused-ring (bicyclic) bond motifs is 3. The topological polar surface area (TPSA) is 103 Å². The summed E-state index contributed by atoms with van der Waals surface area (Å²) in [5.41, 5.74) is 5.17. The summed E-state index contributed by atoms with van der Waals surface area (Å²) in [7, 11) is -1.50. The molecule has 218 valence electrons. The van der Waals surface area contributed by atoms with Gasteiger partial charge in [0.1, 0.15) is 12.4 Å². The zero-order chi connectivity index (χ0) is 28.6. The van der Waals surface area contributed by atoms with Crippen molar-refractivity contribution >= 4 is 15.8 Å². The number of rotatable bonds is 7. The van der Waals surface area contributed by atoms with Gasteiger partial charge in [-0.1, -0.05) is 30.8 Å². The second-order valence-corrected chi connectivity index (χ2v) is 13.9. The zero-order valence-corrected chi connectivity index (χ0v) is 24.8. The maximum absolute atomic E-state index is 12.7. The van der Waals surface area contributed by atoms with E-state index in [-0.39, 0.29) is 18.4 Å². The number of hydrogen-bond donors (Lipinski definition) is 0. The summed E-state index contributed by atoms with van der Waals surface area (Å²) in [6.07, 6.45) is 8.57. The Balaban J connectivity index is 1.35. The fraction of sp³-hybridized carbons (Fsp3) is 0.581. The monoisotopic (exact) mass is 576 g/mol. The van der Waals surface area contributed by atoms with Crippen molar-refractivity contribution in [2.45, 2.75) is 75.3 Å². The summed E-state index contributed by atoms with van der Waals surface area (Å²) < 4.78 is 33.1. The molecule has 3 atom stereocenters. The number of nitrogens with zero attached hydrogens (tertiary/aromatic N) is 6. The predicted molar refractivity (Wildman–Crippen MR) is 158 cm³/mol. The number of likely N-dealkylation sites (tertiary alicyclic amines) is 1. The zero-order valence-electron chi connectivity index (χ0n) is 24.0. The molecular weight excluding hydrogens is 536 g/mol. The second-order valence-electron chi connectivity index (χ2n) is 12.1. The first kappa shape index (κ1) is 28.1. The maximum atomic E-state index is 12.7. The van der Waals surface area contributed by atoms with Crippen LogP contribution in [0.2, 0.25) is 0 Å². The van der Waals surface area contributed by atoms with Crippen molar-refractivity contribution in [1.29, 1.82) is 5.26 Å². The lowest BCUT2D eigenvalue weighted by molar-refractivity contribution is 0.186. The summed E-state index contributed by atoms with van der Waals surface area (Å²) in [5, 5.41) is 10.5. The van der Waals surface area contributed by atoms with Gasteiger partial charge in [0.2, 0.25) is 10.0 Å². The highest BCUT2D eigenvalue weighted by molar-refractivity contribution is 7.92. The molecule has 2 aliphatic heterocycles. The van der Waals surface area contributed by atoms with E-state index < -0.39 is 16.1 Å². The third kappa shape index (κ3) is 5.36. The number of hydrogen-bond acceptors (Lipinski definition) is 8. The quantitative estimate of drug-likeness (QED) is 0.493. The van der Waals surface area contributed by atoms with Crippen LogP contribution < -0.4 is 9.64 Å². The summed E-state index contributed by atoms with van der Waals surface area (Å²) in [6.45, 7) is 6.27. The molecule has 1 unspecified atom stereocenters. The van der Waals surface area contributed by atoms with Gasteiger partial charge >= 0.3 is 6.01 Å². The lowest BCUT2D eigenvalue weighted by atomic mass is 9.62. The molecule has 6 rings (SSSR count). The molecule has 2 fully saturated rings. The molecular formula is C31H40N6O3S. The molecule has 0 N–H and O–H groups in total. The number of sulfonamides is 1. The van der Waals surface area contributed by atoms with Crippen LogP contribution in [0.3, 0.4) is 0 Å². The largest absolute Gasteiger partial charge is 0.462 e. The first-order valence-corrected chi connectivity index (χ1v) is 16.4. The van der Waals surface area contributed by atoms with Crippen LogP contribution in [-0.2, 0) is 34.7 Å². The molecule has 0 bridgehead atoms. The molecule has 1 aromatic carbocycles. The van der Waals surface area contributed by atoms with Crippen LogP contribution in [0.4, 0.5) is 5.82 Å². The van der Waals surface area contributed by atoms with E-state index in [2.05, 4.69) is 53.8 Å². The molecule has 0 saturated carbocycles. The smallest absolute Gasteiger partial charge is 0.318 e. The van der Waals surface area contributed by atoms with Gasteiger partial charge in [-0.25, -0.2) is 8.42 Å². The fourth-order valence-corrected chi connectivity index (χ4v) is 8.63. The second kappa shape index (κ2) is 11.3. The highest BCUT2D eigenvalue weighted by atomic mass is 32.2. The molecule has 2 saturated heterocycles. The van der Waals surface area contributed by atoms with Gasteiger partial charge in [-0.3, -0.25) is 0 Å². The van der Waals surface area contributed by atoms with E-state index in [1.807, 2.05) is 0 Å². The summed E-state index contributed by atoms with van der Waals surface area (Å²) in [4.78, 5) is 14.5. The van der Waals surface area contributed by atoms with Gasteiger partial charge < -0.3 is 14.5 Å². The van der Waals surface area contributed by atoms with Gasteiger partial charge in [0.15, 0.2) is 0 Å². The van der Waals surface area contributed by atoms with Crippen LogP contribution >= 0.6 is 0 Å². The number of nitriles is 1. The summed E-state index contributed by atoms with van der Waals surface area (Å²) in [6, 6.07) is 11.3. The highest BCUT2D eigenvalue weighted by Gasteiger charge is 2.42. The Morgan fingerprint density at radius 2 is 2.00 bits per heavy atom. The maximum Gasteiger partial charge on any atom is 0.318 e. The molecule has 2 aromatic rings.